The summed E-state index contributed by atoms with van der Waals surface area (Å²) in [5, 5.41) is 27.7. The Morgan fingerprint density at radius 1 is 1.17 bits per heavy atom. The minimum atomic E-state index is -0.964. The van der Waals surface area contributed by atoms with Crippen molar-refractivity contribution in [2.45, 2.75) is 32.3 Å². The molecule has 1 rings (SSSR count). The highest BCUT2D eigenvalue weighted by atomic mass is 16.6. The van der Waals surface area contributed by atoms with E-state index in [1.165, 1.54) is 0 Å². The Labute approximate surface area is 71.8 Å². The molecule has 0 aliphatic carbocycles. The molecule has 1 aliphatic rings. The van der Waals surface area contributed by atoms with Crippen LogP contribution in [0.15, 0.2) is 0 Å². The molecule has 0 spiro atoms. The summed E-state index contributed by atoms with van der Waals surface area (Å²) in [4.78, 5) is 0. The first kappa shape index (κ1) is 9.92. The van der Waals surface area contributed by atoms with E-state index < -0.39 is 18.5 Å². The number of rotatable bonds is 1. The zero-order valence-corrected chi connectivity index (χ0v) is 7.34. The van der Waals surface area contributed by atoms with Crippen LogP contribution < -0.4 is 0 Å². The summed E-state index contributed by atoms with van der Waals surface area (Å²) >= 11 is 0. The molecule has 0 amide bonds. The van der Waals surface area contributed by atoms with Gasteiger partial charge in [0.25, 0.3) is 0 Å². The first-order valence-electron chi connectivity index (χ1n) is 4.20. The number of ether oxygens (including phenoxy) is 1. The van der Waals surface area contributed by atoms with E-state index in [-0.39, 0.29) is 18.4 Å². The van der Waals surface area contributed by atoms with E-state index in [2.05, 4.69) is 0 Å². The summed E-state index contributed by atoms with van der Waals surface area (Å²) in [6, 6.07) is 0. The normalized spacial score (nSPS) is 49.2. The number of aliphatic hydroxyl groups is 3. The van der Waals surface area contributed by atoms with Gasteiger partial charge in [0, 0.05) is 11.8 Å². The summed E-state index contributed by atoms with van der Waals surface area (Å²) in [5.74, 6) is -0.420. The summed E-state index contributed by atoms with van der Waals surface area (Å²) in [6.45, 7) is 3.36. The summed E-state index contributed by atoms with van der Waals surface area (Å²) in [6.07, 6.45) is -2.02. The van der Waals surface area contributed by atoms with Gasteiger partial charge in [-0.15, -0.1) is 0 Å². The average Bonchev–Trinajstić information content (AvgIpc) is 2.08. The topological polar surface area (TPSA) is 69.9 Å². The lowest BCUT2D eigenvalue weighted by Crippen LogP contribution is -2.50. The van der Waals surface area contributed by atoms with Crippen molar-refractivity contribution >= 4 is 0 Å². The van der Waals surface area contributed by atoms with Crippen molar-refractivity contribution in [3.63, 3.8) is 0 Å². The van der Waals surface area contributed by atoms with Crippen molar-refractivity contribution in [1.82, 2.24) is 0 Å². The molecular formula is C8H16O4. The first-order valence-corrected chi connectivity index (χ1v) is 4.20. The molecule has 4 nitrogen and oxygen atoms in total. The minimum Gasteiger partial charge on any atom is -0.394 e. The van der Waals surface area contributed by atoms with Gasteiger partial charge in [0.1, 0.15) is 0 Å². The van der Waals surface area contributed by atoms with Gasteiger partial charge in [-0.3, -0.25) is 0 Å². The van der Waals surface area contributed by atoms with E-state index in [1.54, 1.807) is 13.8 Å². The van der Waals surface area contributed by atoms with Gasteiger partial charge >= 0.3 is 0 Å². The van der Waals surface area contributed by atoms with Gasteiger partial charge < -0.3 is 20.1 Å². The molecule has 0 aromatic rings. The quantitative estimate of drug-likeness (QED) is 0.495. The third kappa shape index (κ3) is 1.61. The van der Waals surface area contributed by atoms with E-state index in [0.717, 1.165) is 0 Å². The van der Waals surface area contributed by atoms with Gasteiger partial charge in [0.2, 0.25) is 0 Å². The molecule has 1 heterocycles. The van der Waals surface area contributed by atoms with Crippen LogP contribution in [0.1, 0.15) is 13.8 Å². The van der Waals surface area contributed by atoms with Crippen LogP contribution in [0.2, 0.25) is 0 Å². The Morgan fingerprint density at radius 3 is 2.25 bits per heavy atom. The molecule has 5 atom stereocenters. The molecule has 1 aliphatic heterocycles. The average molecular weight is 176 g/mol. The van der Waals surface area contributed by atoms with Crippen molar-refractivity contribution in [2.24, 2.45) is 11.8 Å². The number of hydrogen-bond donors (Lipinski definition) is 3. The van der Waals surface area contributed by atoms with E-state index in [0.29, 0.717) is 0 Å². The molecule has 0 aromatic carbocycles. The molecule has 12 heavy (non-hydrogen) atoms. The second-order valence-corrected chi connectivity index (χ2v) is 3.46. The SMILES string of the molecule is C[C@@H]1[C@H](O)[C@H](C)[C@H](CO)O[C@H]1O. The van der Waals surface area contributed by atoms with Crippen LogP contribution in [0.4, 0.5) is 0 Å². The zero-order chi connectivity index (χ0) is 9.30. The van der Waals surface area contributed by atoms with Crippen molar-refractivity contribution in [1.29, 1.82) is 0 Å². The van der Waals surface area contributed by atoms with Gasteiger partial charge in [-0.1, -0.05) is 13.8 Å². The van der Waals surface area contributed by atoms with Crippen LogP contribution in [0, 0.1) is 11.8 Å². The van der Waals surface area contributed by atoms with Crippen molar-refractivity contribution in [2.75, 3.05) is 6.61 Å². The molecule has 0 radical (unpaired) electrons. The summed E-state index contributed by atoms with van der Waals surface area (Å²) < 4.78 is 5.08. The standard InChI is InChI=1S/C8H16O4/c1-4-6(3-9)12-8(11)5(2)7(4)10/h4-11H,3H2,1-2H3/t4-,5-,6+,7-,8-/m1/s1. The van der Waals surface area contributed by atoms with Gasteiger partial charge in [0.15, 0.2) is 6.29 Å². The molecule has 4 heteroatoms. The van der Waals surface area contributed by atoms with Crippen molar-refractivity contribution in [3.8, 4) is 0 Å². The van der Waals surface area contributed by atoms with E-state index in [4.69, 9.17) is 9.84 Å². The Balaban J connectivity index is 2.63. The largest absolute Gasteiger partial charge is 0.394 e. The molecule has 0 unspecified atom stereocenters. The highest BCUT2D eigenvalue weighted by Gasteiger charge is 2.39. The second kappa shape index (κ2) is 3.70. The van der Waals surface area contributed by atoms with Gasteiger partial charge in [-0.25, -0.2) is 0 Å². The Morgan fingerprint density at radius 2 is 1.75 bits per heavy atom. The van der Waals surface area contributed by atoms with Crippen LogP contribution in [-0.2, 0) is 4.74 Å². The molecule has 3 N–H and O–H groups in total. The predicted octanol–water partition coefficient (Wildman–Crippen LogP) is -0.671. The van der Waals surface area contributed by atoms with E-state index in [1.807, 2.05) is 0 Å². The fourth-order valence-electron chi connectivity index (χ4n) is 1.50. The Hall–Kier alpha value is -0.160. The molecule has 1 fully saturated rings. The maximum Gasteiger partial charge on any atom is 0.160 e. The number of hydrogen-bond acceptors (Lipinski definition) is 4. The lowest BCUT2D eigenvalue weighted by atomic mass is 9.86. The third-order valence-electron chi connectivity index (χ3n) is 2.61. The molecule has 1 saturated heterocycles. The molecule has 0 bridgehead atoms. The first-order chi connectivity index (χ1) is 5.57. The second-order valence-electron chi connectivity index (χ2n) is 3.46. The van der Waals surface area contributed by atoms with Crippen LogP contribution in [0.25, 0.3) is 0 Å². The summed E-state index contributed by atoms with van der Waals surface area (Å²) in [7, 11) is 0. The highest BCUT2D eigenvalue weighted by molar-refractivity contribution is 4.83. The van der Waals surface area contributed by atoms with Gasteiger partial charge in [-0.05, 0) is 0 Å². The highest BCUT2D eigenvalue weighted by Crippen LogP contribution is 2.28. The predicted molar refractivity (Wildman–Crippen MR) is 42.3 cm³/mol. The fraction of sp³-hybridized carbons (Fsp3) is 1.00. The van der Waals surface area contributed by atoms with Crippen LogP contribution in [0.5, 0.6) is 0 Å². The van der Waals surface area contributed by atoms with Crippen molar-refractivity contribution < 1.29 is 20.1 Å². The minimum absolute atomic E-state index is 0.131. The van der Waals surface area contributed by atoms with Crippen LogP contribution in [-0.4, -0.2) is 40.4 Å². The number of aliphatic hydroxyl groups excluding tert-OH is 3. The lowest BCUT2D eigenvalue weighted by molar-refractivity contribution is -0.248. The summed E-state index contributed by atoms with van der Waals surface area (Å²) in [5.41, 5.74) is 0. The van der Waals surface area contributed by atoms with Crippen molar-refractivity contribution in [3.05, 3.63) is 0 Å². The van der Waals surface area contributed by atoms with Gasteiger partial charge in [-0.2, -0.15) is 0 Å². The van der Waals surface area contributed by atoms with Crippen LogP contribution in [0.3, 0.4) is 0 Å². The molecule has 72 valence electrons. The molecular weight excluding hydrogens is 160 g/mol. The van der Waals surface area contributed by atoms with Gasteiger partial charge in [0.05, 0.1) is 18.8 Å². The third-order valence-corrected chi connectivity index (χ3v) is 2.61. The van der Waals surface area contributed by atoms with Crippen LogP contribution >= 0.6 is 0 Å². The molecule has 0 aromatic heterocycles. The zero-order valence-electron chi connectivity index (χ0n) is 7.34. The smallest absolute Gasteiger partial charge is 0.160 e. The maximum absolute atomic E-state index is 9.57. The molecule has 0 saturated carbocycles. The monoisotopic (exact) mass is 176 g/mol. The lowest BCUT2D eigenvalue weighted by Gasteiger charge is -2.39. The van der Waals surface area contributed by atoms with E-state index >= 15 is 0 Å². The Kier molecular flexibility index (Phi) is 3.06. The Bertz CT molecular complexity index is 145. The van der Waals surface area contributed by atoms with E-state index in [9.17, 15) is 10.2 Å². The maximum atomic E-state index is 9.57. The fourth-order valence-corrected chi connectivity index (χ4v) is 1.50.